The van der Waals surface area contributed by atoms with Crippen molar-refractivity contribution < 1.29 is 4.79 Å². The molecule has 3 heteroatoms. The number of nitrogens with one attached hydrogen (secondary N) is 2. The van der Waals surface area contributed by atoms with Crippen LogP contribution in [0.1, 0.15) is 37.3 Å². The van der Waals surface area contributed by atoms with Gasteiger partial charge in [-0.2, -0.15) is 0 Å². The van der Waals surface area contributed by atoms with Crippen molar-refractivity contribution in [1.29, 1.82) is 0 Å². The molecule has 1 unspecified atom stereocenters. The van der Waals surface area contributed by atoms with Crippen molar-refractivity contribution in [2.45, 2.75) is 39.0 Å². The molecular formula is C16H22N2O. The highest BCUT2D eigenvalue weighted by Crippen LogP contribution is 2.31. The van der Waals surface area contributed by atoms with Crippen LogP contribution < -0.4 is 10.6 Å². The summed E-state index contributed by atoms with van der Waals surface area (Å²) in [5.41, 5.74) is 3.56. The van der Waals surface area contributed by atoms with E-state index in [0.717, 1.165) is 38.0 Å². The van der Waals surface area contributed by atoms with Crippen LogP contribution in [0, 0.1) is 5.41 Å². The largest absolute Gasteiger partial charge is 0.325 e. The SMILES string of the molecule is CC1(C(=O)Nc2cccc3c2CCCC3)CCNC1. The summed E-state index contributed by atoms with van der Waals surface area (Å²) in [6.45, 7) is 3.78. The topological polar surface area (TPSA) is 41.1 Å². The number of carbonyl (C=O) groups is 1. The monoisotopic (exact) mass is 258 g/mol. The predicted octanol–water partition coefficient (Wildman–Crippen LogP) is 2.50. The molecule has 1 heterocycles. The number of aryl methyl sites for hydroxylation is 1. The zero-order valence-electron chi connectivity index (χ0n) is 11.6. The molecule has 3 nitrogen and oxygen atoms in total. The van der Waals surface area contributed by atoms with E-state index >= 15 is 0 Å². The molecule has 1 saturated heterocycles. The summed E-state index contributed by atoms with van der Waals surface area (Å²) in [4.78, 5) is 12.5. The third-order valence-electron chi connectivity index (χ3n) is 4.56. The first-order chi connectivity index (χ1) is 9.19. The van der Waals surface area contributed by atoms with Crippen molar-refractivity contribution >= 4 is 11.6 Å². The Morgan fingerprint density at radius 2 is 2.16 bits per heavy atom. The molecule has 1 aromatic carbocycles. The molecule has 1 aromatic rings. The summed E-state index contributed by atoms with van der Waals surface area (Å²) in [7, 11) is 0. The molecule has 102 valence electrons. The molecule has 2 N–H and O–H groups in total. The van der Waals surface area contributed by atoms with Crippen molar-refractivity contribution in [3.05, 3.63) is 29.3 Å². The lowest BCUT2D eigenvalue weighted by Gasteiger charge is -2.24. The smallest absolute Gasteiger partial charge is 0.231 e. The highest BCUT2D eigenvalue weighted by molar-refractivity contribution is 5.96. The zero-order valence-corrected chi connectivity index (χ0v) is 11.6. The van der Waals surface area contributed by atoms with Gasteiger partial charge in [0, 0.05) is 12.2 Å². The maximum absolute atomic E-state index is 12.5. The van der Waals surface area contributed by atoms with Crippen LogP contribution in [0.2, 0.25) is 0 Å². The molecular weight excluding hydrogens is 236 g/mol. The van der Waals surface area contributed by atoms with Crippen LogP contribution in [-0.4, -0.2) is 19.0 Å². The first-order valence-electron chi connectivity index (χ1n) is 7.32. The van der Waals surface area contributed by atoms with Crippen LogP contribution in [0.3, 0.4) is 0 Å². The molecule has 1 aliphatic carbocycles. The fraction of sp³-hybridized carbons (Fsp3) is 0.562. The number of rotatable bonds is 2. The first kappa shape index (κ1) is 12.7. The van der Waals surface area contributed by atoms with Crippen LogP contribution in [0.25, 0.3) is 0 Å². The van der Waals surface area contributed by atoms with Gasteiger partial charge in [-0.15, -0.1) is 0 Å². The van der Waals surface area contributed by atoms with E-state index in [-0.39, 0.29) is 11.3 Å². The summed E-state index contributed by atoms with van der Waals surface area (Å²) in [5.74, 6) is 0.163. The molecule has 0 aromatic heterocycles. The molecule has 0 spiro atoms. The number of fused-ring (bicyclic) bond motifs is 1. The molecule has 1 amide bonds. The van der Waals surface area contributed by atoms with Crippen LogP contribution in [0.15, 0.2) is 18.2 Å². The van der Waals surface area contributed by atoms with Crippen molar-refractivity contribution in [2.75, 3.05) is 18.4 Å². The Labute approximate surface area is 114 Å². The molecule has 0 bridgehead atoms. The Morgan fingerprint density at radius 3 is 2.95 bits per heavy atom. The second kappa shape index (κ2) is 4.97. The zero-order chi connectivity index (χ0) is 13.3. The average Bonchev–Trinajstić information content (AvgIpc) is 2.87. The van der Waals surface area contributed by atoms with Gasteiger partial charge in [-0.05, 0) is 62.8 Å². The van der Waals surface area contributed by atoms with Gasteiger partial charge >= 0.3 is 0 Å². The van der Waals surface area contributed by atoms with E-state index in [9.17, 15) is 4.79 Å². The van der Waals surface area contributed by atoms with Crippen LogP contribution in [0.4, 0.5) is 5.69 Å². The second-order valence-electron chi connectivity index (χ2n) is 6.09. The first-order valence-corrected chi connectivity index (χ1v) is 7.32. The minimum Gasteiger partial charge on any atom is -0.325 e. The summed E-state index contributed by atoms with van der Waals surface area (Å²) in [5, 5.41) is 6.45. The van der Waals surface area contributed by atoms with Gasteiger partial charge in [-0.1, -0.05) is 12.1 Å². The fourth-order valence-electron chi connectivity index (χ4n) is 3.18. The maximum atomic E-state index is 12.5. The number of amides is 1. The number of benzene rings is 1. The minimum absolute atomic E-state index is 0.163. The van der Waals surface area contributed by atoms with Gasteiger partial charge in [0.2, 0.25) is 5.91 Å². The van der Waals surface area contributed by atoms with E-state index in [2.05, 4.69) is 29.7 Å². The molecule has 19 heavy (non-hydrogen) atoms. The Bertz CT molecular complexity index is 490. The van der Waals surface area contributed by atoms with Gasteiger partial charge in [0.05, 0.1) is 5.41 Å². The van der Waals surface area contributed by atoms with E-state index in [0.29, 0.717) is 0 Å². The summed E-state index contributed by atoms with van der Waals surface area (Å²) in [6, 6.07) is 6.31. The van der Waals surface area contributed by atoms with Gasteiger partial charge in [0.1, 0.15) is 0 Å². The summed E-state index contributed by atoms with van der Waals surface area (Å²) < 4.78 is 0. The van der Waals surface area contributed by atoms with Gasteiger partial charge < -0.3 is 10.6 Å². The van der Waals surface area contributed by atoms with E-state index in [1.165, 1.54) is 24.0 Å². The third kappa shape index (κ3) is 2.39. The number of carbonyl (C=O) groups excluding carboxylic acids is 1. The van der Waals surface area contributed by atoms with E-state index < -0.39 is 0 Å². The highest BCUT2D eigenvalue weighted by atomic mass is 16.2. The Balaban J connectivity index is 1.82. The fourth-order valence-corrected chi connectivity index (χ4v) is 3.18. The summed E-state index contributed by atoms with van der Waals surface area (Å²) in [6.07, 6.45) is 5.68. The molecule has 3 rings (SSSR count). The standard InChI is InChI=1S/C16H22N2O/c1-16(9-10-17-11-16)15(19)18-14-8-4-6-12-5-2-3-7-13(12)14/h4,6,8,17H,2-3,5,7,9-11H2,1H3,(H,18,19). The lowest BCUT2D eigenvalue weighted by molar-refractivity contribution is -0.123. The molecule has 1 atom stereocenters. The third-order valence-corrected chi connectivity index (χ3v) is 4.56. The molecule has 2 aliphatic rings. The Kier molecular flexibility index (Phi) is 3.31. The minimum atomic E-state index is -0.253. The number of hydrogen-bond donors (Lipinski definition) is 2. The highest BCUT2D eigenvalue weighted by Gasteiger charge is 2.36. The Hall–Kier alpha value is -1.35. The van der Waals surface area contributed by atoms with E-state index in [4.69, 9.17) is 0 Å². The van der Waals surface area contributed by atoms with Gasteiger partial charge in [-0.25, -0.2) is 0 Å². The Morgan fingerprint density at radius 1 is 1.32 bits per heavy atom. The number of anilines is 1. The van der Waals surface area contributed by atoms with Crippen LogP contribution in [0.5, 0.6) is 0 Å². The quantitative estimate of drug-likeness (QED) is 0.855. The molecule has 0 radical (unpaired) electrons. The predicted molar refractivity (Wildman–Crippen MR) is 77.3 cm³/mol. The van der Waals surface area contributed by atoms with Crippen molar-refractivity contribution in [3.63, 3.8) is 0 Å². The second-order valence-corrected chi connectivity index (χ2v) is 6.09. The normalized spacial score (nSPS) is 25.9. The van der Waals surface area contributed by atoms with Crippen molar-refractivity contribution in [1.82, 2.24) is 5.32 Å². The molecule has 1 aliphatic heterocycles. The molecule has 1 fully saturated rings. The van der Waals surface area contributed by atoms with E-state index in [1.54, 1.807) is 0 Å². The summed E-state index contributed by atoms with van der Waals surface area (Å²) >= 11 is 0. The lowest BCUT2D eigenvalue weighted by atomic mass is 9.87. The number of hydrogen-bond acceptors (Lipinski definition) is 2. The van der Waals surface area contributed by atoms with Gasteiger partial charge in [-0.3, -0.25) is 4.79 Å². The van der Waals surface area contributed by atoms with Gasteiger partial charge in [0.25, 0.3) is 0 Å². The van der Waals surface area contributed by atoms with Crippen LogP contribution >= 0.6 is 0 Å². The average molecular weight is 258 g/mol. The maximum Gasteiger partial charge on any atom is 0.231 e. The van der Waals surface area contributed by atoms with Crippen molar-refractivity contribution in [2.24, 2.45) is 5.41 Å². The van der Waals surface area contributed by atoms with Gasteiger partial charge in [0.15, 0.2) is 0 Å². The molecule has 0 saturated carbocycles. The van der Waals surface area contributed by atoms with Crippen molar-refractivity contribution in [3.8, 4) is 0 Å². The lowest BCUT2D eigenvalue weighted by Crippen LogP contribution is -2.35. The van der Waals surface area contributed by atoms with E-state index in [1.807, 2.05) is 6.07 Å². The van der Waals surface area contributed by atoms with Crippen LogP contribution in [-0.2, 0) is 17.6 Å².